The minimum absolute atomic E-state index is 0.186. The standard InChI is InChI=1S/C24H39N2Si/c1-6-7-8-9-12-19-13-14-20-21(17-19)23(27(5)25-24(2,3)4)18-22(20)26-15-10-11-16-26/h13-14,17-18,23,25H,6-12,15-16H2,1-5H3. The number of hydrogen-bond acceptors (Lipinski definition) is 2. The van der Waals surface area contributed by atoms with Gasteiger partial charge in [-0.3, -0.25) is 0 Å². The zero-order valence-electron chi connectivity index (χ0n) is 18.2. The third-order valence-electron chi connectivity index (χ3n) is 5.86. The van der Waals surface area contributed by atoms with E-state index in [0.29, 0.717) is 5.54 Å². The molecule has 149 valence electrons. The van der Waals surface area contributed by atoms with E-state index in [1.165, 1.54) is 74.9 Å². The van der Waals surface area contributed by atoms with Crippen LogP contribution in [-0.2, 0) is 6.42 Å². The summed E-state index contributed by atoms with van der Waals surface area (Å²) in [6.07, 6.45) is 11.9. The quantitative estimate of drug-likeness (QED) is 0.444. The largest absolute Gasteiger partial charge is 0.371 e. The van der Waals surface area contributed by atoms with Gasteiger partial charge >= 0.3 is 0 Å². The van der Waals surface area contributed by atoms with Crippen LogP contribution in [0, 0.1) is 0 Å². The Hall–Kier alpha value is -1.06. The Morgan fingerprint density at radius 1 is 1.11 bits per heavy atom. The molecule has 1 unspecified atom stereocenters. The number of rotatable bonds is 8. The molecule has 1 aliphatic heterocycles. The lowest BCUT2D eigenvalue weighted by molar-refractivity contribution is 0.493. The van der Waals surface area contributed by atoms with Crippen molar-refractivity contribution in [2.24, 2.45) is 0 Å². The van der Waals surface area contributed by atoms with Crippen LogP contribution in [0.15, 0.2) is 24.3 Å². The van der Waals surface area contributed by atoms with Gasteiger partial charge in [0.2, 0.25) is 0 Å². The lowest BCUT2D eigenvalue weighted by Gasteiger charge is -2.28. The molecule has 0 amide bonds. The third kappa shape index (κ3) is 5.26. The maximum absolute atomic E-state index is 3.93. The highest BCUT2D eigenvalue weighted by atomic mass is 28.3. The smallest absolute Gasteiger partial charge is 0.142 e. The van der Waals surface area contributed by atoms with Crippen LogP contribution in [0.4, 0.5) is 0 Å². The zero-order chi connectivity index (χ0) is 19.4. The SMILES string of the molecule is CCCCCCc1ccc2c(c1)C([Si](C)NC(C)(C)C)C=C2N1CCCC1. The van der Waals surface area contributed by atoms with Crippen molar-refractivity contribution in [3.63, 3.8) is 0 Å². The van der Waals surface area contributed by atoms with E-state index in [-0.39, 0.29) is 5.54 Å². The first-order valence-electron chi connectivity index (χ1n) is 11.1. The van der Waals surface area contributed by atoms with Crippen molar-refractivity contribution in [3.8, 4) is 0 Å². The summed E-state index contributed by atoms with van der Waals surface area (Å²) in [6.45, 7) is 14.1. The summed E-state index contributed by atoms with van der Waals surface area (Å²) in [4.78, 5) is 6.56. The summed E-state index contributed by atoms with van der Waals surface area (Å²) in [5.74, 6) is 0. The van der Waals surface area contributed by atoms with Gasteiger partial charge in [-0.15, -0.1) is 0 Å². The van der Waals surface area contributed by atoms with E-state index in [2.05, 4.69) is 68.4 Å². The number of nitrogens with one attached hydrogen (secondary N) is 1. The average Bonchev–Trinajstić information content (AvgIpc) is 3.24. The molecule has 3 heteroatoms. The number of allylic oxidation sites excluding steroid dienone is 1. The summed E-state index contributed by atoms with van der Waals surface area (Å²) in [5, 5.41) is 0. The molecule has 27 heavy (non-hydrogen) atoms. The first-order chi connectivity index (χ1) is 12.9. The molecule has 1 radical (unpaired) electrons. The molecule has 1 aromatic carbocycles. The number of aryl methyl sites for hydroxylation is 1. The van der Waals surface area contributed by atoms with Gasteiger partial charge in [0.1, 0.15) is 8.96 Å². The average molecular weight is 384 g/mol. The molecular weight excluding hydrogens is 344 g/mol. The van der Waals surface area contributed by atoms with E-state index < -0.39 is 8.96 Å². The van der Waals surface area contributed by atoms with Gasteiger partial charge in [-0.1, -0.05) is 57.0 Å². The Morgan fingerprint density at radius 3 is 2.52 bits per heavy atom. The van der Waals surface area contributed by atoms with E-state index in [0.717, 1.165) is 0 Å². The summed E-state index contributed by atoms with van der Waals surface area (Å²) < 4.78 is 0. The predicted molar refractivity (Wildman–Crippen MR) is 120 cm³/mol. The lowest BCUT2D eigenvalue weighted by Crippen LogP contribution is -2.47. The molecule has 0 bridgehead atoms. The fourth-order valence-corrected chi connectivity index (χ4v) is 7.06. The second-order valence-electron chi connectivity index (χ2n) is 9.51. The minimum Gasteiger partial charge on any atom is -0.371 e. The maximum Gasteiger partial charge on any atom is 0.142 e. The lowest BCUT2D eigenvalue weighted by atomic mass is 10.00. The fraction of sp³-hybridized carbons (Fsp3) is 0.667. The summed E-state index contributed by atoms with van der Waals surface area (Å²) >= 11 is 0. The van der Waals surface area contributed by atoms with Gasteiger partial charge in [0, 0.05) is 35.4 Å². The van der Waals surface area contributed by atoms with Crippen molar-refractivity contribution in [1.82, 2.24) is 9.88 Å². The zero-order valence-corrected chi connectivity index (χ0v) is 19.2. The van der Waals surface area contributed by atoms with Gasteiger partial charge in [0.05, 0.1) is 0 Å². The monoisotopic (exact) mass is 383 g/mol. The number of fused-ring (bicyclic) bond motifs is 1. The second kappa shape index (κ2) is 8.96. The van der Waals surface area contributed by atoms with E-state index in [4.69, 9.17) is 0 Å². The Bertz CT molecular complexity index is 653. The van der Waals surface area contributed by atoms with Crippen LogP contribution in [0.2, 0.25) is 6.55 Å². The molecule has 2 aliphatic rings. The van der Waals surface area contributed by atoms with Gasteiger partial charge in [-0.2, -0.15) is 0 Å². The molecule has 1 fully saturated rings. The van der Waals surface area contributed by atoms with E-state index in [9.17, 15) is 0 Å². The van der Waals surface area contributed by atoms with Gasteiger partial charge in [-0.05, 0) is 57.6 Å². The molecule has 1 heterocycles. The first kappa shape index (κ1) is 20.7. The van der Waals surface area contributed by atoms with E-state index in [1.54, 1.807) is 5.56 Å². The molecule has 0 saturated carbocycles. The topological polar surface area (TPSA) is 15.3 Å². The highest BCUT2D eigenvalue weighted by Gasteiger charge is 2.33. The van der Waals surface area contributed by atoms with Gasteiger partial charge < -0.3 is 9.88 Å². The minimum atomic E-state index is -0.696. The predicted octanol–water partition coefficient (Wildman–Crippen LogP) is 5.89. The molecule has 1 atom stereocenters. The Kier molecular flexibility index (Phi) is 6.86. The Labute approximate surface area is 169 Å². The Balaban J connectivity index is 1.83. The van der Waals surface area contributed by atoms with Crippen LogP contribution in [0.5, 0.6) is 0 Å². The number of unbranched alkanes of at least 4 members (excludes halogenated alkanes) is 3. The highest BCUT2D eigenvalue weighted by molar-refractivity contribution is 6.57. The maximum atomic E-state index is 3.93. The molecule has 1 aromatic rings. The summed E-state index contributed by atoms with van der Waals surface area (Å²) in [5.41, 5.74) is 6.93. The highest BCUT2D eigenvalue weighted by Crippen LogP contribution is 2.40. The summed E-state index contributed by atoms with van der Waals surface area (Å²) in [6, 6.07) is 7.38. The first-order valence-corrected chi connectivity index (χ1v) is 13.2. The molecule has 0 aromatic heterocycles. The third-order valence-corrected chi connectivity index (χ3v) is 8.41. The van der Waals surface area contributed by atoms with Gasteiger partial charge in [0.15, 0.2) is 0 Å². The molecular formula is C24H39N2Si. The van der Waals surface area contributed by atoms with Crippen LogP contribution >= 0.6 is 0 Å². The van der Waals surface area contributed by atoms with Crippen LogP contribution in [0.3, 0.4) is 0 Å². The van der Waals surface area contributed by atoms with Crippen molar-refractivity contribution < 1.29 is 0 Å². The number of hydrogen-bond donors (Lipinski definition) is 1. The van der Waals surface area contributed by atoms with Crippen molar-refractivity contribution >= 4 is 14.7 Å². The Morgan fingerprint density at radius 2 is 1.85 bits per heavy atom. The van der Waals surface area contributed by atoms with Crippen molar-refractivity contribution in [3.05, 3.63) is 41.0 Å². The van der Waals surface area contributed by atoms with Crippen LogP contribution in [-0.4, -0.2) is 32.5 Å². The molecule has 1 saturated heterocycles. The van der Waals surface area contributed by atoms with Crippen molar-refractivity contribution in [2.75, 3.05) is 13.1 Å². The van der Waals surface area contributed by atoms with Crippen LogP contribution in [0.25, 0.3) is 5.70 Å². The molecule has 1 aliphatic carbocycles. The number of benzene rings is 1. The summed E-state index contributed by atoms with van der Waals surface area (Å²) in [7, 11) is -0.696. The van der Waals surface area contributed by atoms with E-state index in [1.807, 2.05) is 0 Å². The second-order valence-corrected chi connectivity index (χ2v) is 11.8. The van der Waals surface area contributed by atoms with Gasteiger partial charge in [-0.25, -0.2) is 0 Å². The van der Waals surface area contributed by atoms with Gasteiger partial charge in [0.25, 0.3) is 0 Å². The molecule has 2 nitrogen and oxygen atoms in total. The van der Waals surface area contributed by atoms with Crippen molar-refractivity contribution in [1.29, 1.82) is 0 Å². The normalized spacial score (nSPS) is 19.7. The van der Waals surface area contributed by atoms with E-state index >= 15 is 0 Å². The molecule has 1 N–H and O–H groups in total. The fourth-order valence-electron chi connectivity index (χ4n) is 4.61. The molecule has 0 spiro atoms. The van der Waals surface area contributed by atoms with Crippen LogP contribution in [0.1, 0.15) is 88.5 Å². The number of likely N-dealkylation sites (tertiary alicyclic amines) is 1. The molecule has 3 rings (SSSR count). The van der Waals surface area contributed by atoms with Crippen molar-refractivity contribution in [2.45, 2.75) is 90.3 Å². The van der Waals surface area contributed by atoms with Crippen LogP contribution < -0.4 is 4.98 Å². The number of nitrogens with zero attached hydrogens (tertiary/aromatic N) is 1.